The maximum absolute atomic E-state index is 12.1. The van der Waals surface area contributed by atoms with Crippen LogP contribution in [0.15, 0.2) is 24.3 Å². The van der Waals surface area contributed by atoms with Gasteiger partial charge in [0.1, 0.15) is 0 Å². The van der Waals surface area contributed by atoms with E-state index in [-0.39, 0.29) is 5.91 Å². The Morgan fingerprint density at radius 3 is 2.81 bits per heavy atom. The molecule has 112 valence electrons. The SMILES string of the molecule is Cc1[nH]c2ccccc2c1CCC(=O)NC1CCCCC1. The van der Waals surface area contributed by atoms with E-state index in [0.717, 1.165) is 24.8 Å². The van der Waals surface area contributed by atoms with Crippen LogP contribution in [0.25, 0.3) is 10.9 Å². The standard InChI is InChI=1S/C18H24N2O/c1-13-15(16-9-5-6-10-17(16)19-13)11-12-18(21)20-14-7-3-2-4-8-14/h5-6,9-10,14,19H,2-4,7-8,11-12H2,1H3,(H,20,21). The molecule has 0 atom stereocenters. The number of hydrogen-bond donors (Lipinski definition) is 2. The van der Waals surface area contributed by atoms with E-state index >= 15 is 0 Å². The van der Waals surface area contributed by atoms with Gasteiger partial charge < -0.3 is 10.3 Å². The number of benzene rings is 1. The number of aromatic nitrogens is 1. The molecule has 1 aliphatic rings. The quantitative estimate of drug-likeness (QED) is 0.880. The molecular weight excluding hydrogens is 260 g/mol. The van der Waals surface area contributed by atoms with Gasteiger partial charge in [-0.05, 0) is 37.8 Å². The van der Waals surface area contributed by atoms with Crippen LogP contribution in [0.3, 0.4) is 0 Å². The van der Waals surface area contributed by atoms with Crippen LogP contribution in [0.1, 0.15) is 49.8 Å². The minimum Gasteiger partial charge on any atom is -0.358 e. The summed E-state index contributed by atoms with van der Waals surface area (Å²) in [7, 11) is 0. The topological polar surface area (TPSA) is 44.9 Å². The van der Waals surface area contributed by atoms with Crippen molar-refractivity contribution in [2.75, 3.05) is 0 Å². The average molecular weight is 284 g/mol. The van der Waals surface area contributed by atoms with Crippen LogP contribution in [-0.4, -0.2) is 16.9 Å². The number of carbonyl (C=O) groups is 1. The first-order valence-electron chi connectivity index (χ1n) is 8.09. The first kappa shape index (κ1) is 14.2. The Labute approximate surface area is 126 Å². The van der Waals surface area contributed by atoms with Gasteiger partial charge in [0, 0.05) is 29.1 Å². The van der Waals surface area contributed by atoms with Crippen molar-refractivity contribution >= 4 is 16.8 Å². The monoisotopic (exact) mass is 284 g/mol. The molecule has 3 heteroatoms. The van der Waals surface area contributed by atoms with Gasteiger partial charge in [-0.1, -0.05) is 37.5 Å². The van der Waals surface area contributed by atoms with Gasteiger partial charge in [0.25, 0.3) is 0 Å². The molecule has 1 aromatic carbocycles. The van der Waals surface area contributed by atoms with Gasteiger partial charge in [0.05, 0.1) is 0 Å². The van der Waals surface area contributed by atoms with E-state index in [1.54, 1.807) is 0 Å². The number of para-hydroxylation sites is 1. The molecule has 2 N–H and O–H groups in total. The lowest BCUT2D eigenvalue weighted by molar-refractivity contribution is -0.121. The van der Waals surface area contributed by atoms with E-state index in [1.807, 2.05) is 6.07 Å². The van der Waals surface area contributed by atoms with Crippen molar-refractivity contribution in [2.24, 2.45) is 0 Å². The fraction of sp³-hybridized carbons (Fsp3) is 0.500. The van der Waals surface area contributed by atoms with E-state index in [1.165, 1.54) is 35.9 Å². The molecule has 1 aliphatic carbocycles. The van der Waals surface area contributed by atoms with E-state index in [4.69, 9.17) is 0 Å². The van der Waals surface area contributed by atoms with Gasteiger partial charge in [-0.3, -0.25) is 4.79 Å². The number of aromatic amines is 1. The van der Waals surface area contributed by atoms with E-state index in [0.29, 0.717) is 12.5 Å². The highest BCUT2D eigenvalue weighted by Gasteiger charge is 2.16. The van der Waals surface area contributed by atoms with Crippen molar-refractivity contribution in [3.05, 3.63) is 35.5 Å². The lowest BCUT2D eigenvalue weighted by Gasteiger charge is -2.22. The molecule has 1 fully saturated rings. The first-order valence-corrected chi connectivity index (χ1v) is 8.09. The van der Waals surface area contributed by atoms with Gasteiger partial charge in [-0.25, -0.2) is 0 Å². The normalized spacial score (nSPS) is 16.2. The van der Waals surface area contributed by atoms with Gasteiger partial charge in [0.2, 0.25) is 5.91 Å². The summed E-state index contributed by atoms with van der Waals surface area (Å²) in [6.45, 7) is 2.09. The van der Waals surface area contributed by atoms with Crippen LogP contribution in [0.4, 0.5) is 0 Å². The molecule has 0 radical (unpaired) electrons. The minimum atomic E-state index is 0.201. The fourth-order valence-electron chi connectivity index (χ4n) is 3.44. The Balaban J connectivity index is 1.60. The molecule has 0 aliphatic heterocycles. The maximum atomic E-state index is 12.1. The van der Waals surface area contributed by atoms with Crippen LogP contribution < -0.4 is 5.32 Å². The third-order valence-electron chi connectivity index (χ3n) is 4.60. The smallest absolute Gasteiger partial charge is 0.220 e. The predicted molar refractivity (Wildman–Crippen MR) is 86.4 cm³/mol. The molecule has 0 bridgehead atoms. The molecule has 1 amide bonds. The van der Waals surface area contributed by atoms with Crippen molar-refractivity contribution in [2.45, 2.75) is 57.9 Å². The van der Waals surface area contributed by atoms with E-state index in [9.17, 15) is 4.79 Å². The predicted octanol–water partition coefficient (Wildman–Crippen LogP) is 3.86. The molecule has 0 unspecified atom stereocenters. The van der Waals surface area contributed by atoms with Crippen molar-refractivity contribution in [3.63, 3.8) is 0 Å². The van der Waals surface area contributed by atoms with Crippen LogP contribution in [0.2, 0.25) is 0 Å². The molecule has 1 saturated carbocycles. The Hall–Kier alpha value is -1.77. The van der Waals surface area contributed by atoms with Crippen molar-refractivity contribution in [3.8, 4) is 0 Å². The third-order valence-corrected chi connectivity index (χ3v) is 4.60. The summed E-state index contributed by atoms with van der Waals surface area (Å²) in [5.74, 6) is 0.201. The average Bonchev–Trinajstić information content (AvgIpc) is 2.81. The number of H-pyrrole nitrogens is 1. The molecule has 21 heavy (non-hydrogen) atoms. The maximum Gasteiger partial charge on any atom is 0.220 e. The second-order valence-electron chi connectivity index (χ2n) is 6.18. The summed E-state index contributed by atoms with van der Waals surface area (Å²) in [6, 6.07) is 8.73. The van der Waals surface area contributed by atoms with Crippen LogP contribution in [-0.2, 0) is 11.2 Å². The Morgan fingerprint density at radius 1 is 1.24 bits per heavy atom. The Bertz CT molecular complexity index is 623. The van der Waals surface area contributed by atoms with Crippen LogP contribution in [0, 0.1) is 6.92 Å². The fourth-order valence-corrected chi connectivity index (χ4v) is 3.44. The second kappa shape index (κ2) is 6.33. The number of carbonyl (C=O) groups excluding carboxylic acids is 1. The number of fused-ring (bicyclic) bond motifs is 1. The zero-order chi connectivity index (χ0) is 14.7. The number of rotatable bonds is 4. The molecule has 3 rings (SSSR count). The van der Waals surface area contributed by atoms with Gasteiger partial charge in [0.15, 0.2) is 0 Å². The minimum absolute atomic E-state index is 0.201. The van der Waals surface area contributed by atoms with Crippen molar-refractivity contribution in [1.29, 1.82) is 0 Å². The largest absolute Gasteiger partial charge is 0.358 e. The summed E-state index contributed by atoms with van der Waals surface area (Å²) in [6.07, 6.45) is 7.53. The van der Waals surface area contributed by atoms with Crippen molar-refractivity contribution in [1.82, 2.24) is 10.3 Å². The summed E-state index contributed by atoms with van der Waals surface area (Å²) < 4.78 is 0. The number of amides is 1. The summed E-state index contributed by atoms with van der Waals surface area (Å²) in [5, 5.41) is 4.45. The van der Waals surface area contributed by atoms with Gasteiger partial charge in [-0.15, -0.1) is 0 Å². The summed E-state index contributed by atoms with van der Waals surface area (Å²) in [4.78, 5) is 15.5. The number of nitrogens with one attached hydrogen (secondary N) is 2. The summed E-state index contributed by atoms with van der Waals surface area (Å²) >= 11 is 0. The van der Waals surface area contributed by atoms with Crippen LogP contribution >= 0.6 is 0 Å². The third kappa shape index (κ3) is 3.29. The van der Waals surface area contributed by atoms with Crippen molar-refractivity contribution < 1.29 is 4.79 Å². The van der Waals surface area contributed by atoms with E-state index < -0.39 is 0 Å². The highest BCUT2D eigenvalue weighted by atomic mass is 16.1. The number of hydrogen-bond acceptors (Lipinski definition) is 1. The summed E-state index contributed by atoms with van der Waals surface area (Å²) in [5.41, 5.74) is 3.63. The number of aryl methyl sites for hydroxylation is 2. The molecule has 1 heterocycles. The Kier molecular flexibility index (Phi) is 4.28. The molecular formula is C18H24N2O. The van der Waals surface area contributed by atoms with Gasteiger partial charge in [-0.2, -0.15) is 0 Å². The molecule has 2 aromatic rings. The highest BCUT2D eigenvalue weighted by molar-refractivity contribution is 5.85. The molecule has 0 spiro atoms. The van der Waals surface area contributed by atoms with Crippen LogP contribution in [0.5, 0.6) is 0 Å². The lowest BCUT2D eigenvalue weighted by Crippen LogP contribution is -2.36. The highest BCUT2D eigenvalue weighted by Crippen LogP contribution is 2.23. The Morgan fingerprint density at radius 2 is 2.00 bits per heavy atom. The molecule has 3 nitrogen and oxygen atoms in total. The lowest BCUT2D eigenvalue weighted by atomic mass is 9.95. The molecule has 0 saturated heterocycles. The van der Waals surface area contributed by atoms with E-state index in [2.05, 4.69) is 35.4 Å². The molecule has 1 aromatic heterocycles. The zero-order valence-corrected chi connectivity index (χ0v) is 12.7. The second-order valence-corrected chi connectivity index (χ2v) is 6.18. The first-order chi connectivity index (χ1) is 10.2. The van der Waals surface area contributed by atoms with Gasteiger partial charge >= 0.3 is 0 Å². The zero-order valence-electron chi connectivity index (χ0n) is 12.7.